The van der Waals surface area contributed by atoms with E-state index in [0.29, 0.717) is 29.6 Å². The van der Waals surface area contributed by atoms with Gasteiger partial charge in [-0.3, -0.25) is 4.79 Å². The van der Waals surface area contributed by atoms with Crippen LogP contribution in [0.25, 0.3) is 11.0 Å². The minimum Gasteiger partial charge on any atom is -0.473 e. The smallest absolute Gasteiger partial charge is 0.414 e. The van der Waals surface area contributed by atoms with Crippen molar-refractivity contribution < 1.29 is 37.8 Å². The lowest BCUT2D eigenvalue weighted by atomic mass is 9.83. The van der Waals surface area contributed by atoms with Gasteiger partial charge in [0, 0.05) is 23.8 Å². The normalized spacial score (nSPS) is 19.1. The zero-order chi connectivity index (χ0) is 21.8. The van der Waals surface area contributed by atoms with Gasteiger partial charge < -0.3 is 26.2 Å². The molecule has 12 heteroatoms. The number of aromatic amines is 1. The molecule has 2 atom stereocenters. The number of carbonyl (C=O) groups excluding carboxylic acids is 1. The second-order valence-corrected chi connectivity index (χ2v) is 6.44. The summed E-state index contributed by atoms with van der Waals surface area (Å²) < 4.78 is 39.8. The molecule has 0 aliphatic heterocycles. The summed E-state index contributed by atoms with van der Waals surface area (Å²) >= 11 is 0. The maximum absolute atomic E-state index is 13.3. The van der Waals surface area contributed by atoms with Gasteiger partial charge in [-0.05, 0) is 18.9 Å². The van der Waals surface area contributed by atoms with E-state index in [1.54, 1.807) is 12.3 Å². The number of hydrogen-bond donors (Lipinski definition) is 5. The molecule has 0 radical (unpaired) electrons. The number of aliphatic carboxylic acids is 2. The number of hydrogen-bond acceptors (Lipinski definition) is 5. The zero-order valence-electron chi connectivity index (χ0n) is 15.0. The molecule has 29 heavy (non-hydrogen) atoms. The van der Waals surface area contributed by atoms with Crippen molar-refractivity contribution in [2.24, 2.45) is 11.7 Å². The fourth-order valence-corrected chi connectivity index (χ4v) is 3.23. The molecule has 0 bridgehead atoms. The van der Waals surface area contributed by atoms with Crippen molar-refractivity contribution in [3.05, 3.63) is 24.0 Å². The number of fused-ring (bicyclic) bond motifs is 1. The molecule has 1 amide bonds. The SMILES string of the molecule is NC(=O)c1cnc2[nH]ccc2c1N[C@@H]1CCCC[C@@H]1C(F)(F)F.O=C(O)C(=O)O. The molecule has 0 saturated heterocycles. The summed E-state index contributed by atoms with van der Waals surface area (Å²) in [7, 11) is 0. The first-order valence-corrected chi connectivity index (χ1v) is 8.57. The number of primary amides is 1. The third-order valence-corrected chi connectivity index (χ3v) is 4.55. The summed E-state index contributed by atoms with van der Waals surface area (Å²) in [4.78, 5) is 36.8. The summed E-state index contributed by atoms with van der Waals surface area (Å²) in [5, 5.41) is 18.3. The lowest BCUT2D eigenvalue weighted by Crippen LogP contribution is -2.41. The fraction of sp³-hybridized carbons (Fsp3) is 0.412. The maximum Gasteiger partial charge on any atom is 0.414 e. The van der Waals surface area contributed by atoms with Gasteiger partial charge in [0.15, 0.2) is 0 Å². The highest BCUT2D eigenvalue weighted by atomic mass is 19.4. The van der Waals surface area contributed by atoms with E-state index in [0.717, 1.165) is 6.42 Å². The van der Waals surface area contributed by atoms with Crippen molar-refractivity contribution in [2.75, 3.05) is 5.32 Å². The Morgan fingerprint density at radius 1 is 1.17 bits per heavy atom. The highest BCUT2D eigenvalue weighted by Crippen LogP contribution is 2.40. The van der Waals surface area contributed by atoms with Gasteiger partial charge in [0.2, 0.25) is 0 Å². The molecule has 1 fully saturated rings. The molecular formula is C17H19F3N4O5. The van der Waals surface area contributed by atoms with E-state index < -0.39 is 36.0 Å². The van der Waals surface area contributed by atoms with E-state index in [1.165, 1.54) is 6.20 Å². The Labute approximate surface area is 162 Å². The van der Waals surface area contributed by atoms with Gasteiger partial charge in [-0.2, -0.15) is 13.2 Å². The van der Waals surface area contributed by atoms with Gasteiger partial charge in [0.25, 0.3) is 5.91 Å². The lowest BCUT2D eigenvalue weighted by Gasteiger charge is -2.34. The standard InChI is InChI=1S/C15H17F3N4O.C2H2O4/c16-15(17,18)10-3-1-2-4-11(10)22-12-8-5-6-20-14(8)21-7-9(12)13(19)23;3-1(4)2(5)6/h5-7,10-11H,1-4H2,(H2,19,23)(H2,20,21,22);(H,3,4)(H,5,6)/t10-,11+;/m0./s1. The number of rotatable bonds is 3. The molecule has 2 aromatic rings. The van der Waals surface area contributed by atoms with Crippen LogP contribution in [0.3, 0.4) is 0 Å². The van der Waals surface area contributed by atoms with Gasteiger partial charge in [-0.15, -0.1) is 0 Å². The fourth-order valence-electron chi connectivity index (χ4n) is 3.23. The van der Waals surface area contributed by atoms with Gasteiger partial charge in [-0.1, -0.05) is 12.8 Å². The molecule has 9 nitrogen and oxygen atoms in total. The molecule has 0 unspecified atom stereocenters. The van der Waals surface area contributed by atoms with Crippen LogP contribution in [0.5, 0.6) is 0 Å². The van der Waals surface area contributed by atoms with E-state index >= 15 is 0 Å². The molecule has 158 valence electrons. The number of aromatic nitrogens is 2. The quantitative estimate of drug-likeness (QED) is 0.480. The van der Waals surface area contributed by atoms with Crippen molar-refractivity contribution in [1.82, 2.24) is 9.97 Å². The molecule has 1 aliphatic carbocycles. The number of halogens is 3. The van der Waals surface area contributed by atoms with E-state index in [-0.39, 0.29) is 12.0 Å². The van der Waals surface area contributed by atoms with Crippen LogP contribution in [-0.4, -0.2) is 50.2 Å². The number of carboxylic acids is 2. The number of carboxylic acid groups (broad SMARTS) is 2. The molecule has 3 rings (SSSR count). The van der Waals surface area contributed by atoms with Crippen LogP contribution in [0.2, 0.25) is 0 Å². The Morgan fingerprint density at radius 2 is 1.79 bits per heavy atom. The highest BCUT2D eigenvalue weighted by Gasteiger charge is 2.45. The first-order valence-electron chi connectivity index (χ1n) is 8.57. The van der Waals surface area contributed by atoms with Crippen LogP contribution in [0.15, 0.2) is 18.5 Å². The molecule has 0 spiro atoms. The number of amides is 1. The molecule has 0 aromatic carbocycles. The predicted molar refractivity (Wildman–Crippen MR) is 95.3 cm³/mol. The number of carbonyl (C=O) groups is 3. The second kappa shape index (κ2) is 8.80. The van der Waals surface area contributed by atoms with Crippen LogP contribution in [0, 0.1) is 5.92 Å². The Morgan fingerprint density at radius 3 is 2.34 bits per heavy atom. The van der Waals surface area contributed by atoms with Crippen LogP contribution < -0.4 is 11.1 Å². The maximum atomic E-state index is 13.3. The topological polar surface area (TPSA) is 158 Å². The Hall–Kier alpha value is -3.31. The lowest BCUT2D eigenvalue weighted by molar-refractivity contribution is -0.184. The van der Waals surface area contributed by atoms with Crippen molar-refractivity contribution in [3.8, 4) is 0 Å². The first-order chi connectivity index (χ1) is 13.5. The number of nitrogens with zero attached hydrogens (tertiary/aromatic N) is 1. The average Bonchev–Trinajstić information content (AvgIpc) is 3.11. The third kappa shape index (κ3) is 5.36. The Bertz CT molecular complexity index is 900. The Kier molecular flexibility index (Phi) is 6.67. The molecular weight excluding hydrogens is 397 g/mol. The van der Waals surface area contributed by atoms with E-state index in [2.05, 4.69) is 15.3 Å². The van der Waals surface area contributed by atoms with Crippen molar-refractivity contribution in [3.63, 3.8) is 0 Å². The van der Waals surface area contributed by atoms with Crippen molar-refractivity contribution in [2.45, 2.75) is 37.9 Å². The van der Waals surface area contributed by atoms with Crippen molar-refractivity contribution in [1.29, 1.82) is 0 Å². The monoisotopic (exact) mass is 416 g/mol. The Balaban J connectivity index is 0.000000438. The minimum absolute atomic E-state index is 0.0917. The van der Waals surface area contributed by atoms with Crippen molar-refractivity contribution >= 4 is 34.6 Å². The summed E-state index contributed by atoms with van der Waals surface area (Å²) in [5.74, 6) is -5.80. The molecule has 2 heterocycles. The first kappa shape index (κ1) is 22.0. The van der Waals surface area contributed by atoms with Gasteiger partial charge in [0.05, 0.1) is 17.2 Å². The van der Waals surface area contributed by atoms with Crippen LogP contribution >= 0.6 is 0 Å². The average molecular weight is 416 g/mol. The number of alkyl halides is 3. The van der Waals surface area contributed by atoms with E-state index in [9.17, 15) is 18.0 Å². The largest absolute Gasteiger partial charge is 0.473 e. The zero-order valence-corrected chi connectivity index (χ0v) is 15.0. The summed E-state index contributed by atoms with van der Waals surface area (Å²) in [6, 6.07) is 0.894. The summed E-state index contributed by atoms with van der Waals surface area (Å²) in [5.41, 5.74) is 6.27. The number of pyridine rings is 1. The van der Waals surface area contributed by atoms with Crippen LogP contribution in [0.4, 0.5) is 18.9 Å². The van der Waals surface area contributed by atoms with E-state index in [1.807, 2.05) is 0 Å². The molecule has 1 saturated carbocycles. The highest BCUT2D eigenvalue weighted by molar-refractivity contribution is 6.27. The molecule has 2 aromatic heterocycles. The second-order valence-electron chi connectivity index (χ2n) is 6.44. The number of anilines is 1. The number of H-pyrrole nitrogens is 1. The molecule has 1 aliphatic rings. The van der Waals surface area contributed by atoms with Crippen LogP contribution in [0.1, 0.15) is 36.0 Å². The number of nitrogens with one attached hydrogen (secondary N) is 2. The van der Waals surface area contributed by atoms with E-state index in [4.69, 9.17) is 25.5 Å². The minimum atomic E-state index is -4.27. The van der Waals surface area contributed by atoms with Gasteiger partial charge in [-0.25, -0.2) is 14.6 Å². The van der Waals surface area contributed by atoms with Crippen LogP contribution in [-0.2, 0) is 9.59 Å². The van der Waals surface area contributed by atoms with Gasteiger partial charge >= 0.3 is 18.1 Å². The summed E-state index contributed by atoms with van der Waals surface area (Å²) in [6.07, 6.45) is 0.406. The van der Waals surface area contributed by atoms with Gasteiger partial charge in [0.1, 0.15) is 5.65 Å². The summed E-state index contributed by atoms with van der Waals surface area (Å²) in [6.45, 7) is 0. The number of nitrogens with two attached hydrogens (primary N) is 1. The molecule has 6 N–H and O–H groups in total. The predicted octanol–water partition coefficient (Wildman–Crippen LogP) is 2.35. The third-order valence-electron chi connectivity index (χ3n) is 4.55.